The second-order valence-corrected chi connectivity index (χ2v) is 5.75. The Bertz CT molecular complexity index is 472. The van der Waals surface area contributed by atoms with Gasteiger partial charge in [-0.25, -0.2) is 4.79 Å². The van der Waals surface area contributed by atoms with E-state index in [0.29, 0.717) is 31.7 Å². The number of rotatable bonds is 7. The van der Waals surface area contributed by atoms with Gasteiger partial charge in [0.1, 0.15) is 0 Å². The van der Waals surface area contributed by atoms with E-state index in [1.54, 1.807) is 0 Å². The zero-order valence-electron chi connectivity index (χ0n) is 13.3. The minimum Gasteiger partial charge on any atom is -0.377 e. The lowest BCUT2D eigenvalue weighted by molar-refractivity contribution is 0.133. The van der Waals surface area contributed by atoms with E-state index >= 15 is 0 Å². The molecule has 1 aromatic rings. The number of nitrogens with zero attached hydrogens (tertiary/aromatic N) is 1. The molecular weight excluding hydrogens is 264 g/mol. The number of hydrogen-bond acceptors (Lipinski definition) is 2. The van der Waals surface area contributed by atoms with Gasteiger partial charge in [0.25, 0.3) is 0 Å². The largest absolute Gasteiger partial charge is 0.377 e. The fourth-order valence-electron chi connectivity index (χ4n) is 2.46. The van der Waals surface area contributed by atoms with Gasteiger partial charge in [0, 0.05) is 26.2 Å². The van der Waals surface area contributed by atoms with Crippen LogP contribution >= 0.6 is 0 Å². The number of urea groups is 1. The van der Waals surface area contributed by atoms with Crippen LogP contribution in [0.25, 0.3) is 0 Å². The predicted molar refractivity (Wildman–Crippen MR) is 84.0 cm³/mol. The molecule has 4 nitrogen and oxygen atoms in total. The van der Waals surface area contributed by atoms with E-state index in [1.165, 1.54) is 12.8 Å². The molecule has 21 heavy (non-hydrogen) atoms. The minimum atomic E-state index is 0.000568. The molecule has 0 aromatic heterocycles. The van der Waals surface area contributed by atoms with Crippen LogP contribution in [0, 0.1) is 5.92 Å². The first-order valence-corrected chi connectivity index (χ1v) is 7.78. The molecule has 1 atom stereocenters. The normalized spacial score (nSPS) is 15.6. The zero-order chi connectivity index (χ0) is 15.2. The zero-order valence-corrected chi connectivity index (χ0v) is 13.3. The molecule has 0 spiro atoms. The average Bonchev–Trinajstić information content (AvgIpc) is 3.34. The van der Waals surface area contributed by atoms with Crippen molar-refractivity contribution in [1.29, 1.82) is 0 Å². The second-order valence-electron chi connectivity index (χ2n) is 5.75. The van der Waals surface area contributed by atoms with Gasteiger partial charge < -0.3 is 15.0 Å². The molecule has 1 fully saturated rings. The van der Waals surface area contributed by atoms with E-state index in [1.807, 2.05) is 43.1 Å². The molecular formula is C17H26N2O2. The Labute approximate surface area is 127 Å². The monoisotopic (exact) mass is 290 g/mol. The third-order valence-electron chi connectivity index (χ3n) is 4.25. The lowest BCUT2D eigenvalue weighted by atomic mass is 10.1. The molecule has 4 heteroatoms. The molecule has 2 rings (SSSR count). The smallest absolute Gasteiger partial charge is 0.317 e. The van der Waals surface area contributed by atoms with E-state index < -0.39 is 0 Å². The summed E-state index contributed by atoms with van der Waals surface area (Å²) < 4.78 is 5.47. The molecule has 0 bridgehead atoms. The summed E-state index contributed by atoms with van der Waals surface area (Å²) in [6, 6.07) is 8.41. The van der Waals surface area contributed by atoms with Gasteiger partial charge >= 0.3 is 6.03 Å². The molecule has 0 radical (unpaired) electrons. The number of carbonyl (C=O) groups excluding carboxylic acids is 1. The van der Waals surface area contributed by atoms with Gasteiger partial charge in [0.2, 0.25) is 0 Å². The number of nitrogens with one attached hydrogen (secondary N) is 1. The standard InChI is InChI=1S/C17H26N2O2/c1-4-21-12-16-8-6-5-7-15(16)11-18-17(20)19(3)13(2)14-9-10-14/h5-8,13-14H,4,9-12H2,1-3H3,(H,18,20). The summed E-state index contributed by atoms with van der Waals surface area (Å²) in [5.74, 6) is 0.686. The van der Waals surface area contributed by atoms with Crippen molar-refractivity contribution in [2.75, 3.05) is 13.7 Å². The summed E-state index contributed by atoms with van der Waals surface area (Å²) in [7, 11) is 1.88. The summed E-state index contributed by atoms with van der Waals surface area (Å²) in [6.45, 7) is 5.95. The Balaban J connectivity index is 1.88. The summed E-state index contributed by atoms with van der Waals surface area (Å²) >= 11 is 0. The highest BCUT2D eigenvalue weighted by Crippen LogP contribution is 2.34. The molecule has 0 heterocycles. The quantitative estimate of drug-likeness (QED) is 0.838. The van der Waals surface area contributed by atoms with Crippen LogP contribution in [-0.2, 0) is 17.9 Å². The van der Waals surface area contributed by atoms with Crippen molar-refractivity contribution >= 4 is 6.03 Å². The topological polar surface area (TPSA) is 41.6 Å². The first kappa shape index (κ1) is 15.8. The van der Waals surface area contributed by atoms with Crippen molar-refractivity contribution in [2.45, 2.75) is 45.9 Å². The molecule has 2 amide bonds. The number of ether oxygens (including phenoxy) is 1. The van der Waals surface area contributed by atoms with Crippen LogP contribution < -0.4 is 5.32 Å². The Morgan fingerprint density at radius 2 is 2.05 bits per heavy atom. The lowest BCUT2D eigenvalue weighted by Gasteiger charge is -2.25. The van der Waals surface area contributed by atoms with Crippen LogP contribution in [0.5, 0.6) is 0 Å². The van der Waals surface area contributed by atoms with Crippen molar-refractivity contribution in [3.05, 3.63) is 35.4 Å². The maximum atomic E-state index is 12.2. The molecule has 1 unspecified atom stereocenters. The fraction of sp³-hybridized carbons (Fsp3) is 0.588. The number of hydrogen-bond donors (Lipinski definition) is 1. The summed E-state index contributed by atoms with van der Waals surface area (Å²) in [4.78, 5) is 14.0. The molecule has 1 aliphatic carbocycles. The van der Waals surface area contributed by atoms with E-state index in [2.05, 4.69) is 12.2 Å². The molecule has 1 aromatic carbocycles. The van der Waals surface area contributed by atoms with Crippen LogP contribution in [0.2, 0.25) is 0 Å². The van der Waals surface area contributed by atoms with Gasteiger partial charge in [0.15, 0.2) is 0 Å². The van der Waals surface area contributed by atoms with Gasteiger partial charge in [-0.15, -0.1) is 0 Å². The highest BCUT2D eigenvalue weighted by Gasteiger charge is 2.32. The van der Waals surface area contributed by atoms with Crippen LogP contribution in [-0.4, -0.2) is 30.6 Å². The number of carbonyl (C=O) groups is 1. The fourth-order valence-corrected chi connectivity index (χ4v) is 2.46. The lowest BCUT2D eigenvalue weighted by Crippen LogP contribution is -2.43. The average molecular weight is 290 g/mol. The Hall–Kier alpha value is -1.55. The van der Waals surface area contributed by atoms with Crippen LogP contribution in [0.15, 0.2) is 24.3 Å². The van der Waals surface area contributed by atoms with E-state index in [-0.39, 0.29) is 6.03 Å². The molecule has 1 aliphatic rings. The SMILES string of the molecule is CCOCc1ccccc1CNC(=O)N(C)C(C)C1CC1. The summed E-state index contributed by atoms with van der Waals surface area (Å²) in [5, 5.41) is 3.01. The molecule has 1 N–H and O–H groups in total. The van der Waals surface area contributed by atoms with E-state index in [0.717, 1.165) is 11.1 Å². The number of amides is 2. The predicted octanol–water partition coefficient (Wildman–Crippen LogP) is 3.16. The molecule has 0 aliphatic heterocycles. The maximum Gasteiger partial charge on any atom is 0.317 e. The third kappa shape index (κ3) is 4.46. The maximum absolute atomic E-state index is 12.2. The van der Waals surface area contributed by atoms with Gasteiger partial charge in [-0.3, -0.25) is 0 Å². The van der Waals surface area contributed by atoms with Gasteiger partial charge in [0.05, 0.1) is 6.61 Å². The Morgan fingerprint density at radius 1 is 1.38 bits per heavy atom. The third-order valence-corrected chi connectivity index (χ3v) is 4.25. The second kappa shape index (κ2) is 7.46. The van der Waals surface area contributed by atoms with E-state index in [4.69, 9.17) is 4.74 Å². The highest BCUT2D eigenvalue weighted by atomic mass is 16.5. The van der Waals surface area contributed by atoms with Crippen molar-refractivity contribution in [1.82, 2.24) is 10.2 Å². The first-order chi connectivity index (χ1) is 10.1. The highest BCUT2D eigenvalue weighted by molar-refractivity contribution is 5.74. The van der Waals surface area contributed by atoms with Crippen molar-refractivity contribution in [2.24, 2.45) is 5.92 Å². The van der Waals surface area contributed by atoms with Gasteiger partial charge in [-0.05, 0) is 43.7 Å². The van der Waals surface area contributed by atoms with Crippen LogP contribution in [0.4, 0.5) is 4.79 Å². The van der Waals surface area contributed by atoms with E-state index in [9.17, 15) is 4.79 Å². The van der Waals surface area contributed by atoms with Crippen molar-refractivity contribution < 1.29 is 9.53 Å². The summed E-state index contributed by atoms with van der Waals surface area (Å²) in [6.07, 6.45) is 2.49. The molecule has 0 saturated heterocycles. The van der Waals surface area contributed by atoms with Crippen molar-refractivity contribution in [3.8, 4) is 0 Å². The van der Waals surface area contributed by atoms with Gasteiger partial charge in [-0.1, -0.05) is 24.3 Å². The minimum absolute atomic E-state index is 0.000568. The van der Waals surface area contributed by atoms with Gasteiger partial charge in [-0.2, -0.15) is 0 Å². The van der Waals surface area contributed by atoms with Crippen LogP contribution in [0.1, 0.15) is 37.8 Å². The first-order valence-electron chi connectivity index (χ1n) is 7.78. The van der Waals surface area contributed by atoms with Crippen molar-refractivity contribution in [3.63, 3.8) is 0 Å². The van der Waals surface area contributed by atoms with Crippen LogP contribution in [0.3, 0.4) is 0 Å². The molecule has 1 saturated carbocycles. The molecule has 116 valence electrons. The number of benzene rings is 1. The Morgan fingerprint density at radius 3 is 2.67 bits per heavy atom. The summed E-state index contributed by atoms with van der Waals surface area (Å²) in [5.41, 5.74) is 2.25. The Kier molecular flexibility index (Phi) is 5.62.